The number of carbonyl (C=O) groups is 1. The summed E-state index contributed by atoms with van der Waals surface area (Å²) in [4.78, 5) is 16.8. The number of ether oxygens (including phenoxy) is 2. The molecule has 0 unspecified atom stereocenters. The predicted octanol–water partition coefficient (Wildman–Crippen LogP) is 5.31. The summed E-state index contributed by atoms with van der Waals surface area (Å²) in [6.45, 7) is 8.34. The Hall–Kier alpha value is -2.15. The molecule has 2 aromatic carbocycles. The lowest BCUT2D eigenvalue weighted by molar-refractivity contribution is -0.176. The van der Waals surface area contributed by atoms with Gasteiger partial charge in [0.15, 0.2) is 11.6 Å². The molecule has 1 aliphatic carbocycles. The summed E-state index contributed by atoms with van der Waals surface area (Å²) >= 11 is 3.51. The van der Waals surface area contributed by atoms with Crippen LogP contribution in [-0.2, 0) is 10.2 Å². The molecule has 0 atom stereocenters. The van der Waals surface area contributed by atoms with Crippen molar-refractivity contribution in [2.75, 3.05) is 13.2 Å². The normalized spacial score (nSPS) is 15.2. The van der Waals surface area contributed by atoms with Gasteiger partial charge in [0.1, 0.15) is 5.75 Å². The third kappa shape index (κ3) is 3.80. The van der Waals surface area contributed by atoms with Gasteiger partial charge in [0, 0.05) is 38.5 Å². The van der Waals surface area contributed by atoms with E-state index in [1.165, 1.54) is 0 Å². The lowest BCUT2D eigenvalue weighted by Gasteiger charge is -2.32. The Labute approximate surface area is 184 Å². The molecule has 1 aromatic heterocycles. The van der Waals surface area contributed by atoms with Gasteiger partial charge in [-0.1, -0.05) is 35.8 Å². The molecular weight excluding hydrogens is 446 g/mol. The first-order chi connectivity index (χ1) is 14.1. The van der Waals surface area contributed by atoms with E-state index in [1.807, 2.05) is 36.4 Å². The second-order valence-corrected chi connectivity index (χ2v) is 9.64. The Bertz CT molecular complexity index is 1120. The van der Waals surface area contributed by atoms with E-state index >= 15 is 0 Å². The van der Waals surface area contributed by atoms with Crippen LogP contribution in [0.3, 0.4) is 0 Å². The van der Waals surface area contributed by atoms with E-state index in [9.17, 15) is 9.90 Å². The molecule has 0 radical (unpaired) electrons. The number of aromatic nitrogens is 1. The zero-order valence-corrected chi connectivity index (χ0v) is 19.2. The van der Waals surface area contributed by atoms with E-state index < -0.39 is 5.79 Å². The number of nitrogens with one attached hydrogen (secondary N) is 1. The molecule has 3 aromatic rings. The topological polar surface area (TPSA) is 71.5 Å². The van der Waals surface area contributed by atoms with E-state index in [-0.39, 0.29) is 11.2 Å². The quantitative estimate of drug-likeness (QED) is 0.377. The number of hydrogen-bond donors (Lipinski definition) is 2. The SMILES string of the molecule is CC(C)(O)OCCCOc1ccc2c(c1)C(C)(C)c1[nH]c3cc(Br)ccc3c1C2=O. The Morgan fingerprint density at radius 1 is 1.13 bits per heavy atom. The van der Waals surface area contributed by atoms with Gasteiger partial charge in [-0.25, -0.2) is 0 Å². The van der Waals surface area contributed by atoms with E-state index in [1.54, 1.807) is 13.8 Å². The molecule has 30 heavy (non-hydrogen) atoms. The lowest BCUT2D eigenvalue weighted by atomic mass is 9.71. The monoisotopic (exact) mass is 471 g/mol. The molecule has 6 heteroatoms. The van der Waals surface area contributed by atoms with Gasteiger partial charge in [-0.2, -0.15) is 0 Å². The van der Waals surface area contributed by atoms with Crippen LogP contribution >= 0.6 is 15.9 Å². The van der Waals surface area contributed by atoms with Crippen molar-refractivity contribution in [3.8, 4) is 5.75 Å². The third-order valence-electron chi connectivity index (χ3n) is 5.53. The lowest BCUT2D eigenvalue weighted by Crippen LogP contribution is -2.30. The molecule has 1 aliphatic rings. The molecule has 0 saturated heterocycles. The predicted molar refractivity (Wildman–Crippen MR) is 120 cm³/mol. The molecule has 2 N–H and O–H groups in total. The third-order valence-corrected chi connectivity index (χ3v) is 6.03. The number of aliphatic hydroxyl groups is 1. The average Bonchev–Trinajstić information content (AvgIpc) is 3.05. The first kappa shape index (κ1) is 21.1. The van der Waals surface area contributed by atoms with Crippen molar-refractivity contribution in [2.24, 2.45) is 0 Å². The second-order valence-electron chi connectivity index (χ2n) is 8.72. The fourth-order valence-electron chi connectivity index (χ4n) is 4.04. The van der Waals surface area contributed by atoms with Crippen molar-refractivity contribution < 1.29 is 19.4 Å². The summed E-state index contributed by atoms with van der Waals surface area (Å²) < 4.78 is 12.2. The minimum absolute atomic E-state index is 0.0398. The number of H-pyrrole nitrogens is 1. The van der Waals surface area contributed by atoms with Crippen LogP contribution in [0, 0.1) is 0 Å². The van der Waals surface area contributed by atoms with Gasteiger partial charge in [0.05, 0.1) is 18.8 Å². The van der Waals surface area contributed by atoms with Crippen LogP contribution in [0.2, 0.25) is 0 Å². The maximum absolute atomic E-state index is 13.3. The van der Waals surface area contributed by atoms with Crippen molar-refractivity contribution in [1.29, 1.82) is 0 Å². The molecular formula is C24H26BrNO4. The summed E-state index contributed by atoms with van der Waals surface area (Å²) in [5.41, 5.74) is 3.95. The van der Waals surface area contributed by atoms with Crippen molar-refractivity contribution in [1.82, 2.24) is 4.98 Å². The number of fused-ring (bicyclic) bond motifs is 4. The van der Waals surface area contributed by atoms with Crippen LogP contribution in [0.1, 0.15) is 61.3 Å². The maximum atomic E-state index is 13.3. The maximum Gasteiger partial charge on any atom is 0.195 e. The zero-order valence-electron chi connectivity index (χ0n) is 17.6. The largest absolute Gasteiger partial charge is 0.493 e. The molecule has 0 saturated carbocycles. The highest BCUT2D eigenvalue weighted by atomic mass is 79.9. The molecule has 0 fully saturated rings. The highest BCUT2D eigenvalue weighted by Gasteiger charge is 2.39. The number of hydrogen-bond acceptors (Lipinski definition) is 4. The van der Waals surface area contributed by atoms with Crippen LogP contribution in [0.25, 0.3) is 10.9 Å². The van der Waals surface area contributed by atoms with Crippen molar-refractivity contribution >= 4 is 32.6 Å². The van der Waals surface area contributed by atoms with Gasteiger partial charge in [0.2, 0.25) is 0 Å². The number of ketones is 1. The van der Waals surface area contributed by atoms with Crippen LogP contribution in [0.15, 0.2) is 40.9 Å². The Balaban J connectivity index is 1.61. The molecule has 0 aliphatic heterocycles. The number of halogens is 1. The number of benzene rings is 2. The first-order valence-corrected chi connectivity index (χ1v) is 10.9. The first-order valence-electron chi connectivity index (χ1n) is 10.1. The second kappa shape index (κ2) is 7.52. The fourth-order valence-corrected chi connectivity index (χ4v) is 4.40. The van der Waals surface area contributed by atoms with E-state index in [2.05, 4.69) is 34.8 Å². The van der Waals surface area contributed by atoms with E-state index in [4.69, 9.17) is 9.47 Å². The molecule has 5 nitrogen and oxygen atoms in total. The summed E-state index contributed by atoms with van der Waals surface area (Å²) in [5.74, 6) is -0.374. The summed E-state index contributed by atoms with van der Waals surface area (Å²) in [6.07, 6.45) is 0.657. The number of rotatable bonds is 6. The number of carbonyl (C=O) groups excluding carboxylic acids is 1. The van der Waals surface area contributed by atoms with Gasteiger partial charge >= 0.3 is 0 Å². The highest BCUT2D eigenvalue weighted by molar-refractivity contribution is 9.10. The van der Waals surface area contributed by atoms with Gasteiger partial charge in [-0.15, -0.1) is 0 Å². The number of aromatic amines is 1. The van der Waals surface area contributed by atoms with Crippen LogP contribution in [0.5, 0.6) is 5.75 Å². The summed E-state index contributed by atoms with van der Waals surface area (Å²) in [7, 11) is 0. The Morgan fingerprint density at radius 3 is 2.63 bits per heavy atom. The minimum Gasteiger partial charge on any atom is -0.493 e. The van der Waals surface area contributed by atoms with Crippen molar-refractivity contribution in [3.63, 3.8) is 0 Å². The summed E-state index contributed by atoms with van der Waals surface area (Å²) in [6, 6.07) is 11.6. The van der Waals surface area contributed by atoms with Crippen LogP contribution in [-0.4, -0.2) is 34.9 Å². The van der Waals surface area contributed by atoms with Gasteiger partial charge in [-0.3, -0.25) is 4.79 Å². The van der Waals surface area contributed by atoms with E-state index in [0.717, 1.165) is 37.9 Å². The van der Waals surface area contributed by atoms with Crippen LogP contribution < -0.4 is 4.74 Å². The molecule has 158 valence electrons. The van der Waals surface area contributed by atoms with Gasteiger partial charge < -0.3 is 19.6 Å². The average molecular weight is 472 g/mol. The summed E-state index contributed by atoms with van der Waals surface area (Å²) in [5, 5.41) is 10.5. The highest BCUT2D eigenvalue weighted by Crippen LogP contribution is 2.44. The zero-order chi connectivity index (χ0) is 21.7. The smallest absolute Gasteiger partial charge is 0.195 e. The molecule has 0 bridgehead atoms. The van der Waals surface area contributed by atoms with Gasteiger partial charge in [0.25, 0.3) is 0 Å². The minimum atomic E-state index is -1.14. The van der Waals surface area contributed by atoms with Crippen molar-refractivity contribution in [2.45, 2.75) is 45.3 Å². The molecule has 0 amide bonds. The molecule has 1 heterocycles. The molecule has 4 rings (SSSR count). The van der Waals surface area contributed by atoms with E-state index in [0.29, 0.717) is 25.2 Å². The van der Waals surface area contributed by atoms with Gasteiger partial charge in [-0.05, 0) is 49.7 Å². The Morgan fingerprint density at radius 2 is 1.90 bits per heavy atom. The van der Waals surface area contributed by atoms with Crippen molar-refractivity contribution in [3.05, 3.63) is 63.3 Å². The van der Waals surface area contributed by atoms with Crippen LogP contribution in [0.4, 0.5) is 0 Å². The fraction of sp³-hybridized carbons (Fsp3) is 0.375. The Kier molecular flexibility index (Phi) is 5.29. The molecule has 0 spiro atoms. The standard InChI is InChI=1S/C24H26BrNO4/c1-23(2)18-13-15(29-10-5-11-30-24(3,4)28)7-9-16(18)21(27)20-17-8-6-14(25)12-19(17)26-22(20)23/h6-9,12-13,26,28H,5,10-11H2,1-4H3.